The van der Waals surface area contributed by atoms with Crippen LogP contribution in [0.2, 0.25) is 5.02 Å². The number of thiocarbonyl (C=S) groups is 1. The van der Waals surface area contributed by atoms with Crippen molar-refractivity contribution in [3.8, 4) is 0 Å². The van der Waals surface area contributed by atoms with Gasteiger partial charge in [0.2, 0.25) is 0 Å². The van der Waals surface area contributed by atoms with Gasteiger partial charge < -0.3 is 10.6 Å². The number of nitrogens with one attached hydrogen (secondary N) is 3. The van der Waals surface area contributed by atoms with Crippen molar-refractivity contribution in [2.45, 2.75) is 24.7 Å². The normalized spacial score (nSPS) is 11.2. The highest BCUT2D eigenvalue weighted by molar-refractivity contribution is 7.92. The molecule has 0 aliphatic rings. The number of anilines is 3. The second-order valence-electron chi connectivity index (χ2n) is 6.93. The third kappa shape index (κ3) is 5.50. The minimum Gasteiger partial charge on any atom is -0.332 e. The van der Waals surface area contributed by atoms with E-state index in [4.69, 9.17) is 23.8 Å². The van der Waals surface area contributed by atoms with Crippen molar-refractivity contribution in [3.63, 3.8) is 0 Å². The molecule has 0 aliphatic carbocycles. The van der Waals surface area contributed by atoms with Gasteiger partial charge in [0.25, 0.3) is 10.0 Å². The number of para-hydroxylation sites is 2. The second-order valence-corrected chi connectivity index (χ2v) is 9.43. The highest BCUT2D eigenvalue weighted by Crippen LogP contribution is 2.25. The summed E-state index contributed by atoms with van der Waals surface area (Å²) in [6.45, 7) is 4.24. The van der Waals surface area contributed by atoms with Crippen molar-refractivity contribution in [1.29, 1.82) is 0 Å². The second kappa shape index (κ2) is 9.47. The SMILES string of the molecule is CC(C)c1ccccc1NC(=S)Nc1ccc(S(=O)(=O)Nc2ccccc2Cl)cc1. The van der Waals surface area contributed by atoms with Crippen LogP contribution in [-0.2, 0) is 10.0 Å². The zero-order chi connectivity index (χ0) is 21.7. The van der Waals surface area contributed by atoms with Crippen LogP contribution in [0.3, 0.4) is 0 Å². The number of sulfonamides is 1. The summed E-state index contributed by atoms with van der Waals surface area (Å²) in [4.78, 5) is 0.122. The van der Waals surface area contributed by atoms with Gasteiger partial charge >= 0.3 is 0 Å². The predicted octanol–water partition coefficient (Wildman–Crippen LogP) is 6.07. The molecular weight excluding hydrogens is 438 g/mol. The van der Waals surface area contributed by atoms with Gasteiger partial charge in [-0.2, -0.15) is 0 Å². The molecule has 30 heavy (non-hydrogen) atoms. The quantitative estimate of drug-likeness (QED) is 0.390. The van der Waals surface area contributed by atoms with E-state index in [1.54, 1.807) is 36.4 Å². The number of hydrogen-bond acceptors (Lipinski definition) is 3. The molecule has 3 N–H and O–H groups in total. The molecule has 0 spiro atoms. The van der Waals surface area contributed by atoms with E-state index in [0.717, 1.165) is 11.3 Å². The van der Waals surface area contributed by atoms with Crippen LogP contribution < -0.4 is 15.4 Å². The Kier molecular flexibility index (Phi) is 6.97. The Morgan fingerprint density at radius 2 is 1.47 bits per heavy atom. The average molecular weight is 460 g/mol. The van der Waals surface area contributed by atoms with Gasteiger partial charge in [-0.05, 0) is 66.2 Å². The molecule has 0 bridgehead atoms. The van der Waals surface area contributed by atoms with E-state index >= 15 is 0 Å². The van der Waals surface area contributed by atoms with Crippen molar-refractivity contribution in [2.75, 3.05) is 15.4 Å². The van der Waals surface area contributed by atoms with E-state index in [0.29, 0.717) is 27.4 Å². The summed E-state index contributed by atoms with van der Waals surface area (Å²) in [6, 6.07) is 21.0. The van der Waals surface area contributed by atoms with Crippen molar-refractivity contribution in [2.24, 2.45) is 0 Å². The summed E-state index contributed by atoms with van der Waals surface area (Å²) in [5.41, 5.74) is 3.10. The first kappa shape index (κ1) is 22.1. The summed E-state index contributed by atoms with van der Waals surface area (Å²) < 4.78 is 27.7. The molecule has 0 saturated carbocycles. The third-order valence-electron chi connectivity index (χ3n) is 4.37. The molecule has 0 aromatic heterocycles. The Balaban J connectivity index is 1.69. The Bertz CT molecular complexity index is 1150. The molecule has 3 aromatic rings. The van der Waals surface area contributed by atoms with E-state index in [2.05, 4.69) is 35.3 Å². The molecule has 0 fully saturated rings. The lowest BCUT2D eigenvalue weighted by molar-refractivity contribution is 0.601. The van der Waals surface area contributed by atoms with Crippen molar-refractivity contribution in [1.82, 2.24) is 0 Å². The number of hydrogen-bond donors (Lipinski definition) is 3. The van der Waals surface area contributed by atoms with E-state index in [1.807, 2.05) is 18.2 Å². The lowest BCUT2D eigenvalue weighted by atomic mass is 10.0. The van der Waals surface area contributed by atoms with Gasteiger partial charge in [-0.25, -0.2) is 8.42 Å². The van der Waals surface area contributed by atoms with Crippen LogP contribution in [0.15, 0.2) is 77.7 Å². The molecule has 0 unspecified atom stereocenters. The van der Waals surface area contributed by atoms with Crippen molar-refractivity contribution >= 4 is 56.0 Å². The summed E-state index contributed by atoms with van der Waals surface area (Å²) in [6.07, 6.45) is 0. The van der Waals surface area contributed by atoms with Gasteiger partial charge in [-0.15, -0.1) is 0 Å². The molecule has 0 radical (unpaired) electrons. The molecule has 5 nitrogen and oxygen atoms in total. The van der Waals surface area contributed by atoms with E-state index in [1.165, 1.54) is 12.1 Å². The lowest BCUT2D eigenvalue weighted by Gasteiger charge is -2.16. The molecule has 0 heterocycles. The summed E-state index contributed by atoms with van der Waals surface area (Å²) in [5, 5.41) is 7.03. The van der Waals surface area contributed by atoms with Crippen LogP contribution in [-0.4, -0.2) is 13.5 Å². The number of halogens is 1. The minimum absolute atomic E-state index is 0.122. The van der Waals surface area contributed by atoms with Gasteiger partial charge in [-0.1, -0.05) is 55.8 Å². The lowest BCUT2D eigenvalue weighted by Crippen LogP contribution is -2.20. The molecule has 3 aromatic carbocycles. The first-order valence-electron chi connectivity index (χ1n) is 9.30. The molecule has 0 saturated heterocycles. The first-order valence-corrected chi connectivity index (χ1v) is 11.6. The van der Waals surface area contributed by atoms with Crippen LogP contribution in [0.25, 0.3) is 0 Å². The smallest absolute Gasteiger partial charge is 0.261 e. The molecule has 156 valence electrons. The van der Waals surface area contributed by atoms with Crippen LogP contribution in [0.5, 0.6) is 0 Å². The van der Waals surface area contributed by atoms with Crippen LogP contribution in [0, 0.1) is 0 Å². The van der Waals surface area contributed by atoms with Crippen LogP contribution in [0.1, 0.15) is 25.3 Å². The highest BCUT2D eigenvalue weighted by Gasteiger charge is 2.15. The van der Waals surface area contributed by atoms with E-state index in [-0.39, 0.29) is 4.90 Å². The van der Waals surface area contributed by atoms with Crippen LogP contribution in [0.4, 0.5) is 17.1 Å². The maximum absolute atomic E-state index is 12.6. The fourth-order valence-corrected chi connectivity index (χ4v) is 4.41. The van der Waals surface area contributed by atoms with Gasteiger partial charge in [0.1, 0.15) is 0 Å². The molecule has 3 rings (SSSR count). The molecule has 0 atom stereocenters. The Morgan fingerprint density at radius 3 is 2.10 bits per heavy atom. The maximum atomic E-state index is 12.6. The van der Waals surface area contributed by atoms with Crippen molar-refractivity contribution in [3.05, 3.63) is 83.4 Å². The third-order valence-corrected chi connectivity index (χ3v) is 6.29. The maximum Gasteiger partial charge on any atom is 0.261 e. The average Bonchev–Trinajstić information content (AvgIpc) is 2.70. The largest absolute Gasteiger partial charge is 0.332 e. The number of benzene rings is 3. The zero-order valence-corrected chi connectivity index (χ0v) is 18.9. The highest BCUT2D eigenvalue weighted by atomic mass is 35.5. The van der Waals surface area contributed by atoms with Gasteiger partial charge in [0.05, 0.1) is 15.6 Å². The monoisotopic (exact) mass is 459 g/mol. The summed E-state index contributed by atoms with van der Waals surface area (Å²) in [7, 11) is -3.76. The van der Waals surface area contributed by atoms with Gasteiger partial charge in [0.15, 0.2) is 5.11 Å². The van der Waals surface area contributed by atoms with E-state index < -0.39 is 10.0 Å². The topological polar surface area (TPSA) is 70.2 Å². The molecule has 0 amide bonds. The zero-order valence-electron chi connectivity index (χ0n) is 16.5. The van der Waals surface area contributed by atoms with Crippen LogP contribution >= 0.6 is 23.8 Å². The Morgan fingerprint density at radius 1 is 0.867 bits per heavy atom. The Labute approximate surface area is 187 Å². The molecular formula is C22H22ClN3O2S2. The molecule has 0 aliphatic heterocycles. The van der Waals surface area contributed by atoms with Crippen molar-refractivity contribution < 1.29 is 8.42 Å². The molecule has 8 heteroatoms. The first-order chi connectivity index (χ1) is 14.3. The van der Waals surface area contributed by atoms with Gasteiger partial charge in [-0.3, -0.25) is 4.72 Å². The fraction of sp³-hybridized carbons (Fsp3) is 0.136. The van der Waals surface area contributed by atoms with E-state index in [9.17, 15) is 8.42 Å². The minimum atomic E-state index is -3.76. The fourth-order valence-electron chi connectivity index (χ4n) is 2.86. The standard InChI is InChI=1S/C22H22ClN3O2S2/c1-15(2)18-7-3-5-9-20(18)25-22(29)24-16-11-13-17(14-12-16)30(27,28)26-21-10-6-4-8-19(21)23/h3-15,26H,1-2H3,(H2,24,25,29). The predicted molar refractivity (Wildman–Crippen MR) is 129 cm³/mol. The summed E-state index contributed by atoms with van der Waals surface area (Å²) in [5.74, 6) is 0.353. The number of rotatable bonds is 6. The van der Waals surface area contributed by atoms with Gasteiger partial charge in [0, 0.05) is 11.4 Å². The summed E-state index contributed by atoms with van der Waals surface area (Å²) >= 11 is 11.4. The Hall–Kier alpha value is -2.61.